The topological polar surface area (TPSA) is 75.8 Å². The lowest BCUT2D eigenvalue weighted by molar-refractivity contribution is -0.255. The van der Waals surface area contributed by atoms with Crippen LogP contribution >= 0.6 is 15.9 Å². The molecule has 0 saturated carbocycles. The average Bonchev–Trinajstić information content (AvgIpc) is 2.76. The number of aromatic carboxylic acids is 1. The smallest absolute Gasteiger partial charge is 0.133 e. The van der Waals surface area contributed by atoms with Crippen LogP contribution in [0.3, 0.4) is 0 Å². The van der Waals surface area contributed by atoms with Crippen LogP contribution in [0.5, 0.6) is 0 Å². The minimum atomic E-state index is -1.28. The Morgan fingerprint density at radius 1 is 1.53 bits per heavy atom. The first-order chi connectivity index (χ1) is 7.15. The summed E-state index contributed by atoms with van der Waals surface area (Å²) in [5, 5.41) is 18.3. The molecule has 0 unspecified atom stereocenters. The molecule has 0 fully saturated rings. The van der Waals surface area contributed by atoms with Gasteiger partial charge in [0.05, 0.1) is 16.6 Å². The summed E-state index contributed by atoms with van der Waals surface area (Å²) in [6.45, 7) is 0.360. The normalized spacial score (nSPS) is 10.5. The van der Waals surface area contributed by atoms with E-state index in [1.54, 1.807) is 23.3 Å². The van der Waals surface area contributed by atoms with Gasteiger partial charge in [-0.1, -0.05) is 0 Å². The molecular weight excluding hydrogens is 264 g/mol. The highest BCUT2D eigenvalue weighted by Gasteiger charge is 2.00. The third-order valence-corrected chi connectivity index (χ3v) is 2.15. The lowest BCUT2D eigenvalue weighted by Crippen LogP contribution is -2.23. The van der Waals surface area contributed by atoms with Gasteiger partial charge in [0, 0.05) is 12.4 Å². The van der Waals surface area contributed by atoms with Crippen molar-refractivity contribution in [1.82, 2.24) is 19.6 Å². The van der Waals surface area contributed by atoms with E-state index < -0.39 is 5.97 Å². The van der Waals surface area contributed by atoms with Crippen molar-refractivity contribution in [2.75, 3.05) is 0 Å². The van der Waals surface area contributed by atoms with Crippen LogP contribution in [0.1, 0.15) is 10.5 Å². The number of carbonyl (C=O) groups excluding carboxylic acids is 1. The summed E-state index contributed by atoms with van der Waals surface area (Å²) in [7, 11) is 0. The lowest BCUT2D eigenvalue weighted by atomic mass is 10.5. The molecule has 6 nitrogen and oxygen atoms in total. The van der Waals surface area contributed by atoms with E-state index in [4.69, 9.17) is 0 Å². The zero-order valence-electron chi connectivity index (χ0n) is 7.50. The van der Waals surface area contributed by atoms with E-state index in [2.05, 4.69) is 26.1 Å². The molecule has 2 rings (SSSR count). The largest absolute Gasteiger partial charge is 0.543 e. The van der Waals surface area contributed by atoms with Crippen LogP contribution in [0.4, 0.5) is 0 Å². The number of hydrogen-bond donors (Lipinski definition) is 0. The number of nitrogens with zero attached hydrogens (tertiary/aromatic N) is 4. The fourth-order valence-corrected chi connectivity index (χ4v) is 1.44. The number of carboxylic acid groups (broad SMARTS) is 1. The van der Waals surface area contributed by atoms with E-state index in [1.807, 2.05) is 0 Å². The van der Waals surface area contributed by atoms with E-state index in [-0.39, 0.29) is 5.69 Å². The summed E-state index contributed by atoms with van der Waals surface area (Å²) in [4.78, 5) is 10.5. The maximum Gasteiger partial charge on any atom is 0.133 e. The molecule has 0 spiro atoms. The monoisotopic (exact) mass is 269 g/mol. The molecule has 0 aliphatic heterocycles. The first-order valence-electron chi connectivity index (χ1n) is 4.08. The third-order valence-electron chi connectivity index (χ3n) is 1.74. The highest BCUT2D eigenvalue weighted by Crippen LogP contribution is 2.06. The maximum absolute atomic E-state index is 10.5. The molecule has 7 heteroatoms. The summed E-state index contributed by atoms with van der Waals surface area (Å²) in [5.41, 5.74) is -0.0822. The van der Waals surface area contributed by atoms with Crippen LogP contribution in [0, 0.1) is 0 Å². The SMILES string of the molecule is O=C([O-])c1ccn(Cn2cc(Br)cn2)n1. The Bertz CT molecular complexity index is 490. The highest BCUT2D eigenvalue weighted by atomic mass is 79.9. The lowest BCUT2D eigenvalue weighted by Gasteiger charge is -2.01. The van der Waals surface area contributed by atoms with Crippen LogP contribution in [-0.2, 0) is 6.67 Å². The summed E-state index contributed by atoms with van der Waals surface area (Å²) in [6.07, 6.45) is 4.96. The maximum atomic E-state index is 10.5. The molecule has 2 aromatic rings. The second kappa shape index (κ2) is 3.85. The van der Waals surface area contributed by atoms with Gasteiger partial charge in [-0.15, -0.1) is 0 Å². The molecule has 0 atom stereocenters. The number of aromatic nitrogens is 4. The van der Waals surface area contributed by atoms with Crippen molar-refractivity contribution in [2.24, 2.45) is 0 Å². The Morgan fingerprint density at radius 3 is 2.87 bits per heavy atom. The molecule has 0 aliphatic carbocycles. The molecule has 0 N–H and O–H groups in total. The average molecular weight is 270 g/mol. The van der Waals surface area contributed by atoms with E-state index in [1.165, 1.54) is 10.7 Å². The van der Waals surface area contributed by atoms with Gasteiger partial charge in [-0.3, -0.25) is 4.68 Å². The number of halogens is 1. The third kappa shape index (κ3) is 2.24. The summed E-state index contributed by atoms with van der Waals surface area (Å²) < 4.78 is 3.94. The molecule has 0 aromatic carbocycles. The van der Waals surface area contributed by atoms with Crippen LogP contribution in [0.25, 0.3) is 0 Å². The highest BCUT2D eigenvalue weighted by molar-refractivity contribution is 9.10. The summed E-state index contributed by atoms with van der Waals surface area (Å²) in [6, 6.07) is 1.38. The van der Waals surface area contributed by atoms with Crippen molar-refractivity contribution >= 4 is 21.9 Å². The molecule has 0 amide bonds. The van der Waals surface area contributed by atoms with Gasteiger partial charge in [-0.05, 0) is 22.0 Å². The standard InChI is InChI=1S/C8H7BrN4O2/c9-6-3-10-13(4-6)5-12-2-1-7(11-12)8(14)15/h1-4H,5H2,(H,14,15)/p-1. The van der Waals surface area contributed by atoms with E-state index in [9.17, 15) is 9.90 Å². The van der Waals surface area contributed by atoms with Gasteiger partial charge in [0.1, 0.15) is 12.4 Å². The van der Waals surface area contributed by atoms with Crippen molar-refractivity contribution in [3.05, 3.63) is 34.8 Å². The Kier molecular flexibility index (Phi) is 2.55. The zero-order chi connectivity index (χ0) is 10.8. The molecule has 2 heterocycles. The molecule has 0 radical (unpaired) electrons. The van der Waals surface area contributed by atoms with Crippen LogP contribution in [-0.4, -0.2) is 25.5 Å². The van der Waals surface area contributed by atoms with E-state index in [0.29, 0.717) is 6.67 Å². The fourth-order valence-electron chi connectivity index (χ4n) is 1.11. The minimum absolute atomic E-state index is 0.0822. The Labute approximate surface area is 93.3 Å². The number of carbonyl (C=O) groups is 1. The van der Waals surface area contributed by atoms with Crippen LogP contribution in [0.15, 0.2) is 29.1 Å². The second-order valence-electron chi connectivity index (χ2n) is 2.87. The first-order valence-corrected chi connectivity index (χ1v) is 4.87. The van der Waals surface area contributed by atoms with Crippen molar-refractivity contribution in [2.45, 2.75) is 6.67 Å². The Hall–Kier alpha value is -1.63. The zero-order valence-corrected chi connectivity index (χ0v) is 9.09. The van der Waals surface area contributed by atoms with E-state index in [0.717, 1.165) is 4.47 Å². The Morgan fingerprint density at radius 2 is 2.33 bits per heavy atom. The van der Waals surface area contributed by atoms with Crippen molar-refractivity contribution in [3.63, 3.8) is 0 Å². The Balaban J connectivity index is 2.14. The molecule has 0 saturated heterocycles. The second-order valence-corrected chi connectivity index (χ2v) is 3.78. The van der Waals surface area contributed by atoms with Crippen LogP contribution < -0.4 is 5.11 Å². The van der Waals surface area contributed by atoms with Crippen LogP contribution in [0.2, 0.25) is 0 Å². The van der Waals surface area contributed by atoms with Gasteiger partial charge in [0.2, 0.25) is 0 Å². The summed E-state index contributed by atoms with van der Waals surface area (Å²) >= 11 is 3.26. The predicted molar refractivity (Wildman–Crippen MR) is 51.9 cm³/mol. The molecule has 0 aliphatic rings. The van der Waals surface area contributed by atoms with Gasteiger partial charge in [0.25, 0.3) is 0 Å². The molecule has 15 heavy (non-hydrogen) atoms. The molecular formula is C8H6BrN4O2-. The van der Waals surface area contributed by atoms with Gasteiger partial charge >= 0.3 is 0 Å². The molecule has 2 aromatic heterocycles. The van der Waals surface area contributed by atoms with Gasteiger partial charge < -0.3 is 9.90 Å². The molecule has 0 bridgehead atoms. The molecule has 78 valence electrons. The number of carboxylic acids is 1. The quantitative estimate of drug-likeness (QED) is 0.768. The van der Waals surface area contributed by atoms with Crippen molar-refractivity contribution in [3.8, 4) is 0 Å². The van der Waals surface area contributed by atoms with Crippen molar-refractivity contribution < 1.29 is 9.90 Å². The fraction of sp³-hybridized carbons (Fsp3) is 0.125. The van der Waals surface area contributed by atoms with E-state index >= 15 is 0 Å². The van der Waals surface area contributed by atoms with Crippen molar-refractivity contribution in [1.29, 1.82) is 0 Å². The number of rotatable bonds is 3. The first kappa shape index (κ1) is 9.91. The van der Waals surface area contributed by atoms with Gasteiger partial charge in [-0.25, -0.2) is 4.68 Å². The minimum Gasteiger partial charge on any atom is -0.543 e. The summed E-state index contributed by atoms with van der Waals surface area (Å²) in [5.74, 6) is -1.28. The van der Waals surface area contributed by atoms with Gasteiger partial charge in [0.15, 0.2) is 0 Å². The predicted octanol–water partition coefficient (Wildman–Crippen LogP) is -0.289. The van der Waals surface area contributed by atoms with Gasteiger partial charge in [-0.2, -0.15) is 10.2 Å². The number of hydrogen-bond acceptors (Lipinski definition) is 4.